The third kappa shape index (κ3) is 15.0. The number of rotatable bonds is 27. The maximum absolute atomic E-state index is 12.4. The summed E-state index contributed by atoms with van der Waals surface area (Å²) in [5, 5.41) is 19.2. The number of allylic oxidation sites excluding steroid dienone is 23. The number of aryl methyl sites for hydroxylation is 1. The minimum Gasteiger partial charge on any atom is -0.507 e. The van der Waals surface area contributed by atoms with E-state index >= 15 is 0 Å². The van der Waals surface area contributed by atoms with Gasteiger partial charge in [0.05, 0.1) is 0 Å². The van der Waals surface area contributed by atoms with E-state index in [0.717, 1.165) is 136 Å². The average molecular weight is 1300 g/mol. The molecule has 0 radical (unpaired) electrons. The van der Waals surface area contributed by atoms with Crippen LogP contribution in [0.15, 0.2) is 288 Å². The monoisotopic (exact) mass is 1300 g/mol. The fourth-order valence-corrected chi connectivity index (χ4v) is 17.4. The Hall–Kier alpha value is -9.75. The van der Waals surface area contributed by atoms with Gasteiger partial charge in [0.25, 0.3) is 0 Å². The lowest BCUT2D eigenvalue weighted by molar-refractivity contribution is 0.375. The van der Waals surface area contributed by atoms with E-state index in [2.05, 4.69) is 238 Å². The molecule has 5 nitrogen and oxygen atoms in total. The van der Waals surface area contributed by atoms with Gasteiger partial charge in [-0.05, 0) is 214 Å². The van der Waals surface area contributed by atoms with E-state index in [1.54, 1.807) is 0 Å². The Bertz CT molecular complexity index is 5100. The first-order valence-corrected chi connectivity index (χ1v) is 36.6. The third-order valence-corrected chi connectivity index (χ3v) is 23.4. The molecule has 2 unspecified atom stereocenters. The van der Waals surface area contributed by atoms with Crippen molar-refractivity contribution in [3.05, 3.63) is 294 Å². The lowest BCUT2D eigenvalue weighted by atomic mass is 9.80. The van der Waals surface area contributed by atoms with E-state index in [0.29, 0.717) is 22.8 Å². The van der Waals surface area contributed by atoms with Crippen LogP contribution in [0, 0.1) is 5.92 Å². The third-order valence-electron chi connectivity index (χ3n) is 19.0. The molecule has 1 aliphatic rings. The quantitative estimate of drug-likeness (QED) is 0.0520. The van der Waals surface area contributed by atoms with Crippen molar-refractivity contribution < 1.29 is 22.8 Å². The van der Waals surface area contributed by atoms with E-state index in [-0.39, 0.29) is 16.9 Å². The summed E-state index contributed by atoms with van der Waals surface area (Å²) in [6, 6.07) is 36.6. The van der Waals surface area contributed by atoms with Crippen LogP contribution in [-0.2, 0) is 6.42 Å². The average Bonchev–Trinajstić information content (AvgIpc) is 1.69. The molecule has 10 aromatic rings. The van der Waals surface area contributed by atoms with Gasteiger partial charge in [-0.3, -0.25) is 0 Å². The van der Waals surface area contributed by atoms with E-state index in [9.17, 15) is 5.11 Å². The fraction of sp³-hybridized carbons (Fsp3) is 0.231. The van der Waals surface area contributed by atoms with Gasteiger partial charge in [-0.15, -0.1) is 0 Å². The molecule has 11 rings (SSSR count). The second kappa shape index (κ2) is 31.4. The lowest BCUT2D eigenvalue weighted by Gasteiger charge is -2.45. The lowest BCUT2D eigenvalue weighted by Crippen LogP contribution is -2.27. The van der Waals surface area contributed by atoms with Gasteiger partial charge >= 0.3 is 0 Å². The number of furan rings is 4. The number of hydrogen-bond acceptors (Lipinski definition) is 5. The molecule has 1 aliphatic carbocycles. The van der Waals surface area contributed by atoms with Gasteiger partial charge in [0.15, 0.2) is 0 Å². The number of hydrogen-bond donors (Lipinski definition) is 1. The highest BCUT2D eigenvalue weighted by Gasteiger charge is 2.35. The molecule has 1 N–H and O–H groups in total. The molecule has 0 bridgehead atoms. The summed E-state index contributed by atoms with van der Waals surface area (Å²) in [4.78, 5) is 2.33. The van der Waals surface area contributed by atoms with Crippen LogP contribution in [0.25, 0.3) is 101 Å². The molecule has 4 heterocycles. The first kappa shape index (κ1) is 68.6. The molecule has 1 saturated carbocycles. The first-order chi connectivity index (χ1) is 47.2. The van der Waals surface area contributed by atoms with Crippen molar-refractivity contribution in [1.82, 2.24) is 0 Å². The molecule has 2 atom stereocenters. The Balaban J connectivity index is 1.08. The van der Waals surface area contributed by atoms with Crippen molar-refractivity contribution in [2.24, 2.45) is 5.92 Å². The van der Waals surface area contributed by atoms with Gasteiger partial charge in [-0.2, -0.15) is 10.0 Å². The summed E-state index contributed by atoms with van der Waals surface area (Å²) in [7, 11) is -2.21. The maximum Gasteiger partial charge on any atom is 0.136 e. The molecule has 0 saturated heterocycles. The molecular weight excluding hydrogens is 1210 g/mol. The fourth-order valence-electron chi connectivity index (χ4n) is 13.5. The van der Waals surface area contributed by atoms with E-state index in [1.165, 1.54) is 52.0 Å². The number of benzene rings is 6. The van der Waals surface area contributed by atoms with E-state index < -0.39 is 10.0 Å². The van der Waals surface area contributed by atoms with Gasteiger partial charge in [0, 0.05) is 65.6 Å². The summed E-state index contributed by atoms with van der Waals surface area (Å²) in [5.41, 5.74) is 16.5. The minimum absolute atomic E-state index is 0.114. The Morgan fingerprint density at radius 2 is 1.30 bits per heavy atom. The normalized spacial score (nSPS) is 16.0. The first-order valence-electron chi connectivity index (χ1n) is 34.7. The number of phenols is 1. The molecule has 6 heteroatoms. The number of phenolic OH excluding ortho intramolecular Hbond substituents is 1. The van der Waals surface area contributed by atoms with Gasteiger partial charge in [0.2, 0.25) is 0 Å². The molecule has 1 fully saturated rings. The molecular formula is C91H94O5S. The van der Waals surface area contributed by atoms with Crippen LogP contribution >= 0.6 is 10.0 Å². The maximum atomic E-state index is 12.4. The SMILES string of the molecule is C=C/C=C\C=C/CS(c1cccc(-c2cc3oc4ccc(C(=C)/C=C\C=C/C)cc4c3cc2O)c1)(c1ccc2oc3cc4c(cc3c2c1)oc1ccc(CC/C=C\C=C/C)cc14)C(C)/C=c1/c(/C=C(/C)CC/C=C(\C=C/C(=C)C2CCC2)C(=C/C=C\C)/CC)c(C(C)C)o/c1=C/C. The van der Waals surface area contributed by atoms with Crippen LogP contribution in [0.1, 0.15) is 136 Å². The summed E-state index contributed by atoms with van der Waals surface area (Å²) in [5.74, 6) is 2.52. The highest BCUT2D eigenvalue weighted by Crippen LogP contribution is 2.67. The smallest absolute Gasteiger partial charge is 0.136 e. The van der Waals surface area contributed by atoms with Crippen LogP contribution in [0.3, 0.4) is 0 Å². The largest absolute Gasteiger partial charge is 0.507 e. The van der Waals surface area contributed by atoms with Gasteiger partial charge in [-0.1, -0.05) is 217 Å². The zero-order valence-electron chi connectivity index (χ0n) is 58.2. The molecule has 494 valence electrons. The Kier molecular flexibility index (Phi) is 22.2. The van der Waals surface area contributed by atoms with Crippen molar-refractivity contribution in [3.8, 4) is 16.9 Å². The predicted octanol–water partition coefficient (Wildman–Crippen LogP) is 25.8. The second-order valence-electron chi connectivity index (χ2n) is 25.9. The number of fused-ring (bicyclic) bond motifs is 9. The summed E-state index contributed by atoms with van der Waals surface area (Å²) in [6.45, 7) is 32.4. The van der Waals surface area contributed by atoms with E-state index in [4.69, 9.17) is 17.7 Å². The Morgan fingerprint density at radius 1 is 0.639 bits per heavy atom. The molecule has 4 aromatic heterocycles. The van der Waals surface area contributed by atoms with Crippen LogP contribution < -0.4 is 10.6 Å². The summed E-state index contributed by atoms with van der Waals surface area (Å²) in [6.07, 6.45) is 55.6. The van der Waals surface area contributed by atoms with Crippen molar-refractivity contribution in [2.45, 2.75) is 135 Å². The zero-order chi connectivity index (χ0) is 68.2. The summed E-state index contributed by atoms with van der Waals surface area (Å²) >= 11 is 0. The van der Waals surface area contributed by atoms with Crippen molar-refractivity contribution in [3.63, 3.8) is 0 Å². The zero-order valence-corrected chi connectivity index (χ0v) is 59.0. The van der Waals surface area contributed by atoms with Gasteiger partial charge in [0.1, 0.15) is 50.4 Å². The van der Waals surface area contributed by atoms with Crippen LogP contribution in [0.5, 0.6) is 5.75 Å². The van der Waals surface area contributed by atoms with Crippen LogP contribution in [-0.4, -0.2) is 16.1 Å². The van der Waals surface area contributed by atoms with Gasteiger partial charge in [-0.25, -0.2) is 0 Å². The Morgan fingerprint density at radius 3 is 1.99 bits per heavy atom. The van der Waals surface area contributed by atoms with Crippen molar-refractivity contribution in [1.29, 1.82) is 0 Å². The van der Waals surface area contributed by atoms with E-state index in [1.807, 2.05) is 80.6 Å². The highest BCUT2D eigenvalue weighted by molar-refractivity contribution is 8.34. The Labute approximate surface area is 575 Å². The predicted molar refractivity (Wildman–Crippen MR) is 420 cm³/mol. The highest BCUT2D eigenvalue weighted by atomic mass is 32.3. The van der Waals surface area contributed by atoms with Crippen LogP contribution in [0.2, 0.25) is 0 Å². The molecule has 0 spiro atoms. The number of aromatic hydroxyl groups is 1. The molecule has 0 aliphatic heterocycles. The second-order valence-corrected chi connectivity index (χ2v) is 29.5. The van der Waals surface area contributed by atoms with Crippen LogP contribution in [0.4, 0.5) is 0 Å². The molecule has 6 aromatic carbocycles. The van der Waals surface area contributed by atoms with Crippen molar-refractivity contribution in [2.75, 3.05) is 5.75 Å². The topological polar surface area (TPSA) is 72.8 Å². The summed E-state index contributed by atoms with van der Waals surface area (Å²) < 4.78 is 27.3. The minimum atomic E-state index is -2.21. The molecule has 97 heavy (non-hydrogen) atoms. The van der Waals surface area contributed by atoms with Crippen molar-refractivity contribution >= 4 is 99.6 Å². The molecule has 0 amide bonds. The van der Waals surface area contributed by atoms with Gasteiger partial charge < -0.3 is 22.8 Å². The standard InChI is InChI=1S/C91H94O5S/c1-13-19-23-25-28-35-66-43-47-85-76(53-66)80-59-90-81(60-89(80)93-85)78-56-73(46-49-87(78)95-90)97(50-29-26-24-20-14-2,72-41-32-40-71(54-72)74-58-88-79(57-83(74)92)77-55-70(45-48-86(77)94-88)63(10)34-27-21-15-3)65(12)52-75-82(91(61(7)8)96-84(75)18-6)51-62(9)33-30-39-69(67(17-5)36-22-16-4)44-42-64(11)68-37-31-38-68/h13-16,18-27,29,32,34,36,39-49,51-61,65,68,92H,2,10-11,17,28,30-31,33,35,37-38,50H2,1,3-9,12H3/b19-13-,21-15-,22-16-,24-20-,25-23-,29-26-,34-27-,44-42-,62-51-,67-36+,69-39+,75-52-,84-18+.